The average Bonchev–Trinajstić information content (AvgIpc) is 2.37. The fraction of sp³-hybridized carbons (Fsp3) is 0.929. The Balaban J connectivity index is 2.47. The van der Waals surface area contributed by atoms with Crippen molar-refractivity contribution in [2.45, 2.75) is 46.1 Å². The second-order valence-electron chi connectivity index (χ2n) is 5.92. The minimum atomic E-state index is -0.263. The standard InChI is InChI=1S/C14H28N2OS/c1-11(7-9-18-4)16-13(17)14(2,3)12-6-5-8-15-10-12/h11-12,15H,5-10H2,1-4H3,(H,16,17). The van der Waals surface area contributed by atoms with E-state index < -0.39 is 0 Å². The first-order valence-electron chi connectivity index (χ1n) is 6.99. The molecule has 0 aromatic carbocycles. The Kier molecular flexibility index (Phi) is 6.50. The van der Waals surface area contributed by atoms with E-state index >= 15 is 0 Å². The highest BCUT2D eigenvalue weighted by Gasteiger charge is 2.37. The summed E-state index contributed by atoms with van der Waals surface area (Å²) in [6, 6.07) is 0.278. The SMILES string of the molecule is CSCCC(C)NC(=O)C(C)(C)C1CCCNC1. The van der Waals surface area contributed by atoms with Gasteiger partial charge in [0.25, 0.3) is 0 Å². The fourth-order valence-electron chi connectivity index (χ4n) is 2.43. The zero-order valence-electron chi connectivity index (χ0n) is 12.2. The van der Waals surface area contributed by atoms with E-state index in [9.17, 15) is 4.79 Å². The molecule has 1 fully saturated rings. The molecule has 0 aliphatic carbocycles. The molecule has 18 heavy (non-hydrogen) atoms. The molecule has 1 aliphatic heterocycles. The van der Waals surface area contributed by atoms with Crippen molar-refractivity contribution >= 4 is 17.7 Å². The van der Waals surface area contributed by atoms with Crippen LogP contribution in [0.2, 0.25) is 0 Å². The van der Waals surface area contributed by atoms with E-state index in [1.54, 1.807) is 0 Å². The first-order valence-corrected chi connectivity index (χ1v) is 8.38. The van der Waals surface area contributed by atoms with Crippen molar-refractivity contribution < 1.29 is 4.79 Å². The van der Waals surface area contributed by atoms with Gasteiger partial charge in [-0.1, -0.05) is 13.8 Å². The summed E-state index contributed by atoms with van der Waals surface area (Å²) in [5.41, 5.74) is -0.263. The lowest BCUT2D eigenvalue weighted by molar-refractivity contribution is -0.133. The number of rotatable bonds is 6. The Labute approximate surface area is 116 Å². The highest BCUT2D eigenvalue weighted by atomic mass is 32.2. The predicted molar refractivity (Wildman–Crippen MR) is 80.0 cm³/mol. The molecule has 0 bridgehead atoms. The molecule has 106 valence electrons. The maximum Gasteiger partial charge on any atom is 0.226 e. The minimum Gasteiger partial charge on any atom is -0.353 e. The first kappa shape index (κ1) is 15.8. The second-order valence-corrected chi connectivity index (χ2v) is 6.91. The Morgan fingerprint density at radius 3 is 2.83 bits per heavy atom. The highest BCUT2D eigenvalue weighted by Crippen LogP contribution is 2.32. The molecule has 0 saturated carbocycles. The van der Waals surface area contributed by atoms with Crippen molar-refractivity contribution in [3.8, 4) is 0 Å². The molecule has 1 heterocycles. The van der Waals surface area contributed by atoms with Crippen molar-refractivity contribution in [2.24, 2.45) is 11.3 Å². The highest BCUT2D eigenvalue weighted by molar-refractivity contribution is 7.98. The molecule has 2 atom stereocenters. The van der Waals surface area contributed by atoms with Crippen LogP contribution in [0.25, 0.3) is 0 Å². The second kappa shape index (κ2) is 7.39. The van der Waals surface area contributed by atoms with Crippen LogP contribution >= 0.6 is 11.8 Å². The Bertz CT molecular complexity index is 263. The van der Waals surface area contributed by atoms with Gasteiger partial charge < -0.3 is 10.6 Å². The van der Waals surface area contributed by atoms with E-state index in [0.29, 0.717) is 5.92 Å². The number of hydrogen-bond donors (Lipinski definition) is 2. The number of amides is 1. The van der Waals surface area contributed by atoms with E-state index in [0.717, 1.165) is 31.7 Å². The summed E-state index contributed by atoms with van der Waals surface area (Å²) >= 11 is 1.83. The Hall–Kier alpha value is -0.220. The minimum absolute atomic E-state index is 0.213. The van der Waals surface area contributed by atoms with Crippen molar-refractivity contribution in [3.05, 3.63) is 0 Å². The van der Waals surface area contributed by atoms with Gasteiger partial charge >= 0.3 is 0 Å². The molecule has 3 nitrogen and oxygen atoms in total. The summed E-state index contributed by atoms with van der Waals surface area (Å²) in [5.74, 6) is 1.77. The zero-order chi connectivity index (χ0) is 13.6. The lowest BCUT2D eigenvalue weighted by atomic mass is 9.74. The summed E-state index contributed by atoms with van der Waals surface area (Å²) in [7, 11) is 0. The predicted octanol–water partition coefficient (Wildman–Crippen LogP) is 2.27. The molecule has 2 unspecified atom stereocenters. The van der Waals surface area contributed by atoms with E-state index in [-0.39, 0.29) is 17.4 Å². The molecule has 0 radical (unpaired) electrons. The molecule has 0 spiro atoms. The normalized spacial score (nSPS) is 22.6. The molecule has 1 aliphatic rings. The molecule has 1 rings (SSSR count). The third-order valence-electron chi connectivity index (χ3n) is 4.04. The van der Waals surface area contributed by atoms with Crippen LogP contribution in [0.4, 0.5) is 0 Å². The smallest absolute Gasteiger partial charge is 0.226 e. The van der Waals surface area contributed by atoms with Gasteiger partial charge in [0, 0.05) is 11.5 Å². The average molecular weight is 272 g/mol. The molecule has 2 N–H and O–H groups in total. The topological polar surface area (TPSA) is 41.1 Å². The third-order valence-corrected chi connectivity index (χ3v) is 4.68. The van der Waals surface area contributed by atoms with Crippen LogP contribution in [-0.4, -0.2) is 37.0 Å². The van der Waals surface area contributed by atoms with Crippen LogP contribution in [0.3, 0.4) is 0 Å². The summed E-state index contributed by atoms with van der Waals surface area (Å²) in [6.45, 7) is 8.34. The maximum atomic E-state index is 12.4. The van der Waals surface area contributed by atoms with Gasteiger partial charge in [0.05, 0.1) is 0 Å². The van der Waals surface area contributed by atoms with E-state index in [4.69, 9.17) is 0 Å². The van der Waals surface area contributed by atoms with Crippen LogP contribution in [0.15, 0.2) is 0 Å². The van der Waals surface area contributed by atoms with Crippen molar-refractivity contribution in [2.75, 3.05) is 25.1 Å². The van der Waals surface area contributed by atoms with Crippen LogP contribution in [-0.2, 0) is 4.79 Å². The molecule has 4 heteroatoms. The summed E-state index contributed by atoms with van der Waals surface area (Å²) in [4.78, 5) is 12.4. The van der Waals surface area contributed by atoms with E-state index in [1.165, 1.54) is 6.42 Å². The van der Waals surface area contributed by atoms with Crippen LogP contribution < -0.4 is 10.6 Å². The Morgan fingerprint density at radius 1 is 1.56 bits per heavy atom. The van der Waals surface area contributed by atoms with Crippen molar-refractivity contribution in [1.82, 2.24) is 10.6 Å². The third kappa shape index (κ3) is 4.47. The molecule has 0 aromatic rings. The lowest BCUT2D eigenvalue weighted by Gasteiger charge is -2.36. The number of thioether (sulfide) groups is 1. The van der Waals surface area contributed by atoms with Gasteiger partial charge in [-0.25, -0.2) is 0 Å². The van der Waals surface area contributed by atoms with Crippen molar-refractivity contribution in [3.63, 3.8) is 0 Å². The van der Waals surface area contributed by atoms with Gasteiger partial charge in [0.1, 0.15) is 0 Å². The van der Waals surface area contributed by atoms with Crippen LogP contribution in [0.5, 0.6) is 0 Å². The zero-order valence-corrected chi connectivity index (χ0v) is 13.0. The number of carbonyl (C=O) groups is 1. The fourth-order valence-corrected chi connectivity index (χ4v) is 3.02. The quantitative estimate of drug-likeness (QED) is 0.779. The largest absolute Gasteiger partial charge is 0.353 e. The molecule has 1 amide bonds. The maximum absolute atomic E-state index is 12.4. The molecular formula is C14H28N2OS. The first-order chi connectivity index (χ1) is 8.48. The van der Waals surface area contributed by atoms with Gasteiger partial charge in [-0.15, -0.1) is 0 Å². The van der Waals surface area contributed by atoms with E-state index in [1.807, 2.05) is 11.8 Å². The lowest BCUT2D eigenvalue weighted by Crippen LogP contribution is -2.49. The van der Waals surface area contributed by atoms with Gasteiger partial charge in [-0.05, 0) is 57.2 Å². The Morgan fingerprint density at radius 2 is 2.28 bits per heavy atom. The summed E-state index contributed by atoms with van der Waals surface area (Å²) in [6.07, 6.45) is 5.49. The van der Waals surface area contributed by atoms with Crippen LogP contribution in [0, 0.1) is 11.3 Å². The summed E-state index contributed by atoms with van der Waals surface area (Å²) in [5, 5.41) is 6.57. The molecule has 0 aromatic heterocycles. The number of piperidine rings is 1. The monoisotopic (exact) mass is 272 g/mol. The number of hydrogen-bond acceptors (Lipinski definition) is 3. The molecular weight excluding hydrogens is 244 g/mol. The summed E-state index contributed by atoms with van der Waals surface area (Å²) < 4.78 is 0. The van der Waals surface area contributed by atoms with E-state index in [2.05, 4.69) is 37.7 Å². The number of nitrogens with one attached hydrogen (secondary N) is 2. The van der Waals surface area contributed by atoms with Crippen molar-refractivity contribution in [1.29, 1.82) is 0 Å². The van der Waals surface area contributed by atoms with Gasteiger partial charge in [0.2, 0.25) is 5.91 Å². The van der Waals surface area contributed by atoms with Gasteiger partial charge in [-0.3, -0.25) is 4.79 Å². The van der Waals surface area contributed by atoms with Gasteiger partial charge in [-0.2, -0.15) is 11.8 Å². The van der Waals surface area contributed by atoms with Gasteiger partial charge in [0.15, 0.2) is 0 Å². The molecule has 1 saturated heterocycles. The number of carbonyl (C=O) groups excluding carboxylic acids is 1. The van der Waals surface area contributed by atoms with Crippen LogP contribution in [0.1, 0.15) is 40.0 Å².